The molecule has 0 radical (unpaired) electrons. The minimum atomic E-state index is 0.0343. The summed E-state index contributed by atoms with van der Waals surface area (Å²) in [7, 11) is 0. The van der Waals surface area contributed by atoms with E-state index in [4.69, 9.17) is 5.11 Å². The first kappa shape index (κ1) is 14.1. The molecule has 1 aliphatic rings. The van der Waals surface area contributed by atoms with Crippen molar-refractivity contribution < 1.29 is 14.7 Å². The lowest BCUT2D eigenvalue weighted by molar-refractivity contribution is -0.116. The maximum Gasteiger partial charge on any atom is 0.237 e. The van der Waals surface area contributed by atoms with E-state index >= 15 is 0 Å². The molecule has 0 aromatic heterocycles. The van der Waals surface area contributed by atoms with Gasteiger partial charge >= 0.3 is 0 Å². The number of thioether (sulfide) groups is 1. The fraction of sp³-hybridized carbons (Fsp3) is 0.429. The summed E-state index contributed by atoms with van der Waals surface area (Å²) in [5, 5.41) is 8.91. The third-order valence-corrected chi connectivity index (χ3v) is 4.13. The summed E-state index contributed by atoms with van der Waals surface area (Å²) in [4.78, 5) is 26.4. The van der Waals surface area contributed by atoms with E-state index in [1.54, 1.807) is 11.0 Å². The fourth-order valence-corrected chi connectivity index (χ4v) is 2.97. The van der Waals surface area contributed by atoms with Crippen molar-refractivity contribution in [3.63, 3.8) is 0 Å². The van der Waals surface area contributed by atoms with Crippen molar-refractivity contribution in [2.45, 2.75) is 24.7 Å². The van der Waals surface area contributed by atoms with Crippen molar-refractivity contribution in [1.29, 1.82) is 0 Å². The number of hydrogen-bond donors (Lipinski definition) is 1. The third kappa shape index (κ3) is 2.98. The van der Waals surface area contributed by atoms with E-state index in [0.29, 0.717) is 30.7 Å². The molecule has 0 spiro atoms. The number of rotatable bonds is 5. The van der Waals surface area contributed by atoms with E-state index in [0.717, 1.165) is 10.6 Å². The number of amides is 1. The van der Waals surface area contributed by atoms with E-state index in [9.17, 15) is 9.59 Å². The Hall–Kier alpha value is -1.33. The normalized spacial score (nSPS) is 14.4. The summed E-state index contributed by atoms with van der Waals surface area (Å²) >= 11 is 1.50. The first-order valence-electron chi connectivity index (χ1n) is 6.38. The molecule has 0 fully saturated rings. The van der Waals surface area contributed by atoms with Gasteiger partial charge in [-0.2, -0.15) is 0 Å². The number of aliphatic hydroxyl groups is 1. The molecule has 19 heavy (non-hydrogen) atoms. The first-order chi connectivity index (χ1) is 9.17. The van der Waals surface area contributed by atoms with Crippen LogP contribution in [0.3, 0.4) is 0 Å². The van der Waals surface area contributed by atoms with Gasteiger partial charge in [-0.1, -0.05) is 13.0 Å². The SMILES string of the molecule is CCC(=O)c1ccc2c(c1)N(CCCO)C(=O)CS2. The zero-order valence-corrected chi connectivity index (χ0v) is 11.7. The van der Waals surface area contributed by atoms with Crippen molar-refractivity contribution in [3.8, 4) is 0 Å². The van der Waals surface area contributed by atoms with Crippen molar-refractivity contribution in [3.05, 3.63) is 23.8 Å². The van der Waals surface area contributed by atoms with Crippen LogP contribution in [0.15, 0.2) is 23.1 Å². The molecule has 0 unspecified atom stereocenters. The van der Waals surface area contributed by atoms with Crippen LogP contribution in [-0.4, -0.2) is 35.7 Å². The molecule has 1 aromatic rings. The standard InChI is InChI=1S/C14H17NO3S/c1-2-12(17)10-4-5-13-11(8-10)15(6-3-7-16)14(18)9-19-13/h4-5,8,16H,2-3,6-7,9H2,1H3. The van der Waals surface area contributed by atoms with Gasteiger partial charge in [-0.05, 0) is 18.6 Å². The zero-order valence-electron chi connectivity index (χ0n) is 10.9. The second-order valence-corrected chi connectivity index (χ2v) is 5.39. The molecule has 5 heteroatoms. The van der Waals surface area contributed by atoms with Gasteiger partial charge in [-0.25, -0.2) is 0 Å². The molecule has 0 bridgehead atoms. The predicted molar refractivity (Wildman–Crippen MR) is 75.8 cm³/mol. The Kier molecular flexibility index (Phi) is 4.61. The topological polar surface area (TPSA) is 57.6 Å². The number of ketones is 1. The van der Waals surface area contributed by atoms with Crippen molar-refractivity contribution in [1.82, 2.24) is 0 Å². The number of nitrogens with zero attached hydrogens (tertiary/aromatic N) is 1. The van der Waals surface area contributed by atoms with Crippen molar-refractivity contribution in [2.24, 2.45) is 0 Å². The maximum absolute atomic E-state index is 12.0. The van der Waals surface area contributed by atoms with E-state index in [1.807, 2.05) is 19.1 Å². The summed E-state index contributed by atoms with van der Waals surface area (Å²) in [6.45, 7) is 2.37. The molecule has 1 N–H and O–H groups in total. The van der Waals surface area contributed by atoms with Crippen LogP contribution in [0.25, 0.3) is 0 Å². The van der Waals surface area contributed by atoms with Gasteiger partial charge in [0, 0.05) is 30.0 Å². The van der Waals surface area contributed by atoms with Gasteiger partial charge in [-0.15, -0.1) is 11.8 Å². The number of anilines is 1. The van der Waals surface area contributed by atoms with E-state index in [-0.39, 0.29) is 18.3 Å². The Morgan fingerprint density at radius 1 is 1.47 bits per heavy atom. The molecular formula is C14H17NO3S. The lowest BCUT2D eigenvalue weighted by Gasteiger charge is -2.29. The molecule has 1 amide bonds. The highest BCUT2D eigenvalue weighted by molar-refractivity contribution is 8.00. The maximum atomic E-state index is 12.0. The fourth-order valence-electron chi connectivity index (χ4n) is 2.05. The second kappa shape index (κ2) is 6.21. The van der Waals surface area contributed by atoms with Crippen LogP contribution in [0.5, 0.6) is 0 Å². The quantitative estimate of drug-likeness (QED) is 0.839. The monoisotopic (exact) mass is 279 g/mol. The van der Waals surface area contributed by atoms with Crippen LogP contribution in [0.4, 0.5) is 5.69 Å². The minimum Gasteiger partial charge on any atom is -0.396 e. The summed E-state index contributed by atoms with van der Waals surface area (Å²) < 4.78 is 0. The number of Topliss-reactive ketones (excluding diaryl/α,β-unsaturated/α-hetero) is 1. The lowest BCUT2D eigenvalue weighted by Crippen LogP contribution is -2.36. The summed E-state index contributed by atoms with van der Waals surface area (Å²) in [6.07, 6.45) is 0.998. The van der Waals surface area contributed by atoms with E-state index in [2.05, 4.69) is 0 Å². The second-order valence-electron chi connectivity index (χ2n) is 4.37. The van der Waals surface area contributed by atoms with Gasteiger partial charge in [0.05, 0.1) is 11.4 Å². The molecule has 4 nitrogen and oxygen atoms in total. The molecule has 0 aliphatic carbocycles. The highest BCUT2D eigenvalue weighted by Gasteiger charge is 2.25. The first-order valence-corrected chi connectivity index (χ1v) is 7.37. The van der Waals surface area contributed by atoms with Crippen LogP contribution in [-0.2, 0) is 4.79 Å². The van der Waals surface area contributed by atoms with Crippen LogP contribution in [0.2, 0.25) is 0 Å². The number of fused-ring (bicyclic) bond motifs is 1. The summed E-state index contributed by atoms with van der Waals surface area (Å²) in [6, 6.07) is 5.52. The van der Waals surface area contributed by atoms with E-state index < -0.39 is 0 Å². The molecule has 1 heterocycles. The molecule has 0 saturated carbocycles. The molecule has 0 saturated heterocycles. The zero-order chi connectivity index (χ0) is 13.8. The summed E-state index contributed by atoms with van der Waals surface area (Å²) in [5.74, 6) is 0.527. The average molecular weight is 279 g/mol. The van der Waals surface area contributed by atoms with Crippen LogP contribution >= 0.6 is 11.8 Å². The van der Waals surface area contributed by atoms with Crippen molar-refractivity contribution >= 4 is 29.1 Å². The summed E-state index contributed by atoms with van der Waals surface area (Å²) in [5.41, 5.74) is 1.44. The Balaban J connectivity index is 2.35. The highest BCUT2D eigenvalue weighted by Crippen LogP contribution is 2.36. The molecule has 102 valence electrons. The van der Waals surface area contributed by atoms with Crippen LogP contribution in [0, 0.1) is 0 Å². The number of carbonyl (C=O) groups is 2. The number of hydrogen-bond acceptors (Lipinski definition) is 4. The van der Waals surface area contributed by atoms with Gasteiger partial charge in [0.25, 0.3) is 0 Å². The molecule has 0 atom stereocenters. The number of benzene rings is 1. The minimum absolute atomic E-state index is 0.0343. The molecule has 2 rings (SSSR count). The van der Waals surface area contributed by atoms with Crippen molar-refractivity contribution in [2.75, 3.05) is 23.8 Å². The van der Waals surface area contributed by atoms with Gasteiger partial charge in [0.15, 0.2) is 5.78 Å². The van der Waals surface area contributed by atoms with Crippen LogP contribution in [0.1, 0.15) is 30.1 Å². The Bertz CT molecular complexity index is 501. The lowest BCUT2D eigenvalue weighted by atomic mass is 10.1. The highest BCUT2D eigenvalue weighted by atomic mass is 32.2. The number of aliphatic hydroxyl groups excluding tert-OH is 1. The Morgan fingerprint density at radius 2 is 2.26 bits per heavy atom. The molecule has 1 aromatic carbocycles. The predicted octanol–water partition coefficient (Wildman–Crippen LogP) is 2.10. The van der Waals surface area contributed by atoms with Gasteiger partial charge < -0.3 is 10.0 Å². The smallest absolute Gasteiger partial charge is 0.237 e. The molecular weight excluding hydrogens is 262 g/mol. The number of carbonyl (C=O) groups excluding carboxylic acids is 2. The Morgan fingerprint density at radius 3 is 2.95 bits per heavy atom. The van der Waals surface area contributed by atoms with Gasteiger partial charge in [-0.3, -0.25) is 9.59 Å². The van der Waals surface area contributed by atoms with Gasteiger partial charge in [0.2, 0.25) is 5.91 Å². The third-order valence-electron chi connectivity index (χ3n) is 3.08. The molecule has 1 aliphatic heterocycles. The largest absolute Gasteiger partial charge is 0.396 e. The van der Waals surface area contributed by atoms with E-state index in [1.165, 1.54) is 11.8 Å². The average Bonchev–Trinajstić information content (AvgIpc) is 2.45. The van der Waals surface area contributed by atoms with Crippen LogP contribution < -0.4 is 4.90 Å². The van der Waals surface area contributed by atoms with Gasteiger partial charge in [0.1, 0.15) is 0 Å². The Labute approximate surface area is 116 Å².